The second-order valence-corrected chi connectivity index (χ2v) is 9.12. The molecule has 168 valence electrons. The molecule has 3 fully saturated rings. The minimum Gasteiger partial charge on any atom is -0.379 e. The van der Waals surface area contributed by atoms with Crippen LogP contribution in [0, 0.1) is 0 Å². The van der Waals surface area contributed by atoms with Crippen LogP contribution in [0.15, 0.2) is 0 Å². The number of urea groups is 1. The van der Waals surface area contributed by atoms with E-state index in [0.717, 1.165) is 31.6 Å². The molecule has 4 amide bonds. The minimum atomic E-state index is -0.653. The Morgan fingerprint density at radius 3 is 2.77 bits per heavy atom. The number of carbonyl (C=O) groups excluding carboxylic acids is 4. The molecular weight excluding hydrogens is 412 g/mol. The zero-order valence-electron chi connectivity index (χ0n) is 17.2. The lowest BCUT2D eigenvalue weighted by Crippen LogP contribution is -2.37. The van der Waals surface area contributed by atoms with E-state index in [1.54, 1.807) is 0 Å². The smallest absolute Gasteiger partial charge is 0.335 e. The molecule has 10 nitrogen and oxygen atoms in total. The second kappa shape index (κ2) is 11.0. The van der Waals surface area contributed by atoms with Crippen LogP contribution in [0.1, 0.15) is 45.4 Å². The van der Waals surface area contributed by atoms with E-state index in [4.69, 9.17) is 9.57 Å². The van der Waals surface area contributed by atoms with Crippen molar-refractivity contribution in [3.8, 4) is 0 Å². The number of rotatable bonds is 12. The summed E-state index contributed by atoms with van der Waals surface area (Å²) in [6, 6.07) is 0.635. The van der Waals surface area contributed by atoms with Crippen molar-refractivity contribution >= 4 is 35.6 Å². The van der Waals surface area contributed by atoms with E-state index in [1.165, 1.54) is 0 Å². The van der Waals surface area contributed by atoms with Gasteiger partial charge in [0.1, 0.15) is 0 Å². The fourth-order valence-corrected chi connectivity index (χ4v) is 5.29. The van der Waals surface area contributed by atoms with Crippen LogP contribution >= 0.6 is 11.8 Å². The van der Waals surface area contributed by atoms with Crippen molar-refractivity contribution in [2.75, 3.05) is 25.5 Å². The summed E-state index contributed by atoms with van der Waals surface area (Å²) in [5.74, 6) is -0.634. The highest BCUT2D eigenvalue weighted by atomic mass is 32.2. The number of imide groups is 1. The second-order valence-electron chi connectivity index (χ2n) is 7.84. The average molecular weight is 443 g/mol. The highest BCUT2D eigenvalue weighted by molar-refractivity contribution is 8.00. The minimum absolute atomic E-state index is 0.0175. The van der Waals surface area contributed by atoms with Gasteiger partial charge in [-0.1, -0.05) is 6.42 Å². The van der Waals surface area contributed by atoms with Gasteiger partial charge in [0.15, 0.2) is 0 Å². The van der Waals surface area contributed by atoms with Crippen molar-refractivity contribution in [3.63, 3.8) is 0 Å². The number of thioether (sulfide) groups is 1. The van der Waals surface area contributed by atoms with Gasteiger partial charge in [-0.15, -0.1) is 5.06 Å². The number of hydroxylamine groups is 2. The lowest BCUT2D eigenvalue weighted by Gasteiger charge is -2.17. The third kappa shape index (κ3) is 6.32. The third-order valence-corrected chi connectivity index (χ3v) is 6.87. The van der Waals surface area contributed by atoms with Gasteiger partial charge in [0, 0.05) is 29.9 Å². The molecule has 3 saturated heterocycles. The standard InChI is InChI=1S/C19H30N4O6S/c1-12(10-28-9-7-17(26)29-23-15(24)5-6-16(23)25)20-8-3-2-4-14-18-13(11-30-14)21-19(27)22-18/h12-14,18,20H,2-11H2,1H3,(H2,21,22,27). The number of carbonyl (C=O) groups is 4. The maximum Gasteiger partial charge on any atom is 0.335 e. The van der Waals surface area contributed by atoms with Crippen molar-refractivity contribution in [2.45, 2.75) is 68.8 Å². The molecule has 0 aromatic carbocycles. The monoisotopic (exact) mass is 442 g/mol. The van der Waals surface area contributed by atoms with Crippen LogP contribution in [0.3, 0.4) is 0 Å². The van der Waals surface area contributed by atoms with Crippen molar-refractivity contribution in [3.05, 3.63) is 0 Å². The van der Waals surface area contributed by atoms with Gasteiger partial charge in [0.05, 0.1) is 31.7 Å². The first kappa shape index (κ1) is 22.8. The van der Waals surface area contributed by atoms with Crippen LogP contribution in [0.2, 0.25) is 0 Å². The number of unbranched alkanes of at least 4 members (excludes halogenated alkanes) is 1. The molecule has 3 heterocycles. The topological polar surface area (TPSA) is 126 Å². The summed E-state index contributed by atoms with van der Waals surface area (Å²) in [6.07, 6.45) is 3.38. The Morgan fingerprint density at radius 1 is 1.23 bits per heavy atom. The first-order valence-corrected chi connectivity index (χ1v) is 11.5. The largest absolute Gasteiger partial charge is 0.379 e. The first-order chi connectivity index (χ1) is 14.4. The van der Waals surface area contributed by atoms with E-state index in [2.05, 4.69) is 16.0 Å². The predicted molar refractivity (Wildman–Crippen MR) is 109 cm³/mol. The summed E-state index contributed by atoms with van der Waals surface area (Å²) in [5, 5.41) is 10.4. The highest BCUT2D eigenvalue weighted by Crippen LogP contribution is 2.32. The van der Waals surface area contributed by atoms with Crippen LogP contribution in [-0.2, 0) is 24.0 Å². The van der Waals surface area contributed by atoms with Crippen LogP contribution < -0.4 is 16.0 Å². The Balaban J connectivity index is 1.17. The molecule has 0 aliphatic carbocycles. The van der Waals surface area contributed by atoms with Gasteiger partial charge in [0.25, 0.3) is 11.8 Å². The molecule has 3 aliphatic rings. The van der Waals surface area contributed by atoms with Gasteiger partial charge >= 0.3 is 12.0 Å². The lowest BCUT2D eigenvalue weighted by atomic mass is 10.0. The number of nitrogens with one attached hydrogen (secondary N) is 3. The van der Waals surface area contributed by atoms with Crippen molar-refractivity contribution in [2.24, 2.45) is 0 Å². The molecule has 0 bridgehead atoms. The van der Waals surface area contributed by atoms with Crippen LogP contribution in [-0.4, -0.2) is 77.8 Å². The fraction of sp³-hybridized carbons (Fsp3) is 0.789. The fourth-order valence-electron chi connectivity index (χ4n) is 3.74. The summed E-state index contributed by atoms with van der Waals surface area (Å²) in [6.45, 7) is 3.51. The van der Waals surface area contributed by atoms with Gasteiger partial charge in [-0.05, 0) is 26.3 Å². The number of fused-ring (bicyclic) bond motifs is 1. The van der Waals surface area contributed by atoms with Crippen LogP contribution in [0.5, 0.6) is 0 Å². The molecular formula is C19H30N4O6S. The third-order valence-electron chi connectivity index (χ3n) is 5.36. The average Bonchev–Trinajstić information content (AvgIpc) is 3.35. The summed E-state index contributed by atoms with van der Waals surface area (Å²) >= 11 is 1.93. The number of hydrogen-bond donors (Lipinski definition) is 3. The van der Waals surface area contributed by atoms with E-state index in [-0.39, 0.29) is 50.0 Å². The Morgan fingerprint density at radius 2 is 2.00 bits per heavy atom. The summed E-state index contributed by atoms with van der Waals surface area (Å²) in [7, 11) is 0. The molecule has 3 N–H and O–H groups in total. The predicted octanol–water partition coefficient (Wildman–Crippen LogP) is 0.314. The van der Waals surface area contributed by atoms with Crippen LogP contribution in [0.25, 0.3) is 0 Å². The molecule has 0 radical (unpaired) electrons. The normalized spacial score (nSPS) is 26.5. The van der Waals surface area contributed by atoms with Crippen molar-refractivity contribution < 1.29 is 28.8 Å². The SMILES string of the molecule is CC(COCCC(=O)ON1C(=O)CCC1=O)NCCCCC1SCC2NC(=O)NC21. The van der Waals surface area contributed by atoms with Crippen LogP contribution in [0.4, 0.5) is 4.79 Å². The van der Waals surface area contributed by atoms with Gasteiger partial charge in [-0.3, -0.25) is 9.59 Å². The van der Waals surface area contributed by atoms with Crippen molar-refractivity contribution in [1.29, 1.82) is 0 Å². The Kier molecular flexibility index (Phi) is 8.34. The molecule has 4 atom stereocenters. The molecule has 3 aliphatic heterocycles. The van der Waals surface area contributed by atoms with Gasteiger partial charge in [0.2, 0.25) is 0 Å². The Labute approximate surface area is 180 Å². The molecule has 4 unspecified atom stereocenters. The number of ether oxygens (including phenoxy) is 1. The molecule has 0 aromatic heterocycles. The van der Waals surface area contributed by atoms with E-state index < -0.39 is 17.8 Å². The summed E-state index contributed by atoms with van der Waals surface area (Å²) in [5.41, 5.74) is 0. The Hall–Kier alpha value is -1.85. The zero-order valence-corrected chi connectivity index (χ0v) is 18.0. The first-order valence-electron chi connectivity index (χ1n) is 10.5. The molecule has 0 saturated carbocycles. The molecule has 0 spiro atoms. The van der Waals surface area contributed by atoms with E-state index in [0.29, 0.717) is 16.9 Å². The lowest BCUT2D eigenvalue weighted by molar-refractivity contribution is -0.198. The number of nitrogens with zero attached hydrogens (tertiary/aromatic N) is 1. The quantitative estimate of drug-likeness (QED) is 0.224. The van der Waals surface area contributed by atoms with Gasteiger partial charge in [-0.25, -0.2) is 9.59 Å². The van der Waals surface area contributed by atoms with E-state index >= 15 is 0 Å². The summed E-state index contributed by atoms with van der Waals surface area (Å²) < 4.78 is 5.48. The Bertz CT molecular complexity index is 647. The molecule has 30 heavy (non-hydrogen) atoms. The molecule has 11 heteroatoms. The highest BCUT2D eigenvalue weighted by Gasteiger charge is 2.42. The van der Waals surface area contributed by atoms with Gasteiger partial charge in [-0.2, -0.15) is 11.8 Å². The van der Waals surface area contributed by atoms with Crippen molar-refractivity contribution in [1.82, 2.24) is 21.0 Å². The number of hydrogen-bond acceptors (Lipinski definition) is 8. The maximum atomic E-state index is 11.7. The molecule has 0 aromatic rings. The zero-order chi connectivity index (χ0) is 21.5. The van der Waals surface area contributed by atoms with E-state index in [9.17, 15) is 19.2 Å². The maximum absolute atomic E-state index is 11.7. The number of amides is 4. The molecule has 3 rings (SSSR count). The van der Waals surface area contributed by atoms with Gasteiger partial charge < -0.3 is 25.5 Å². The van der Waals surface area contributed by atoms with E-state index in [1.807, 2.05) is 18.7 Å². The summed E-state index contributed by atoms with van der Waals surface area (Å²) in [4.78, 5) is 50.6.